The van der Waals surface area contributed by atoms with Gasteiger partial charge < -0.3 is 14.7 Å². The van der Waals surface area contributed by atoms with Crippen molar-refractivity contribution in [3.8, 4) is 0 Å². The third kappa shape index (κ3) is 3.71. The minimum absolute atomic E-state index is 0.0496. The first-order valence-electron chi connectivity index (χ1n) is 7.92. The highest BCUT2D eigenvalue weighted by Crippen LogP contribution is 2.17. The van der Waals surface area contributed by atoms with E-state index in [1.54, 1.807) is 13.0 Å². The Hall–Kier alpha value is -2.34. The number of amides is 1. The van der Waals surface area contributed by atoms with Crippen LogP contribution >= 0.6 is 0 Å². The summed E-state index contributed by atoms with van der Waals surface area (Å²) in [5.74, 6) is 1.11. The fourth-order valence-corrected chi connectivity index (χ4v) is 2.83. The van der Waals surface area contributed by atoms with Crippen LogP contribution in [0, 0.1) is 6.92 Å². The Balaban J connectivity index is 1.53. The largest absolute Gasteiger partial charge is 0.369 e. The van der Waals surface area contributed by atoms with Crippen molar-refractivity contribution in [1.29, 1.82) is 0 Å². The van der Waals surface area contributed by atoms with Crippen molar-refractivity contribution in [2.45, 2.75) is 19.9 Å². The summed E-state index contributed by atoms with van der Waals surface area (Å²) in [5, 5.41) is 6.60. The number of hydrogen-bond acceptors (Lipinski definition) is 5. The number of hydrogen-bond donors (Lipinski definition) is 1. The van der Waals surface area contributed by atoms with Crippen molar-refractivity contribution >= 4 is 17.4 Å². The SMILES string of the molecule is Cc1cc(NC(=O)C(C)N2CCN(c3ccccc3)CC2)no1. The molecule has 1 saturated heterocycles. The number of carbonyl (C=O) groups is 1. The predicted octanol–water partition coefficient (Wildman–Crippen LogP) is 2.13. The van der Waals surface area contributed by atoms with Gasteiger partial charge in [0.15, 0.2) is 5.82 Å². The predicted molar refractivity (Wildman–Crippen MR) is 89.6 cm³/mol. The van der Waals surface area contributed by atoms with Gasteiger partial charge in [-0.25, -0.2) is 0 Å². The molecule has 6 heteroatoms. The maximum atomic E-state index is 12.3. The molecule has 0 bridgehead atoms. The van der Waals surface area contributed by atoms with Gasteiger partial charge in [0, 0.05) is 37.9 Å². The van der Waals surface area contributed by atoms with Crippen molar-refractivity contribution in [3.05, 3.63) is 42.2 Å². The number of carbonyl (C=O) groups excluding carboxylic acids is 1. The first-order valence-corrected chi connectivity index (χ1v) is 7.92. The van der Waals surface area contributed by atoms with E-state index in [9.17, 15) is 4.79 Å². The van der Waals surface area contributed by atoms with Gasteiger partial charge in [-0.05, 0) is 26.0 Å². The molecular weight excluding hydrogens is 292 g/mol. The molecule has 3 rings (SSSR count). The normalized spacial score (nSPS) is 17.0. The summed E-state index contributed by atoms with van der Waals surface area (Å²) in [6.07, 6.45) is 0. The number of aryl methyl sites for hydroxylation is 1. The first kappa shape index (κ1) is 15.6. The Labute approximate surface area is 136 Å². The highest BCUT2D eigenvalue weighted by molar-refractivity contribution is 5.93. The van der Waals surface area contributed by atoms with Crippen molar-refractivity contribution in [1.82, 2.24) is 10.1 Å². The molecule has 1 fully saturated rings. The Morgan fingerprint density at radius 3 is 2.52 bits per heavy atom. The van der Waals surface area contributed by atoms with Gasteiger partial charge in [-0.15, -0.1) is 0 Å². The summed E-state index contributed by atoms with van der Waals surface area (Å²) in [4.78, 5) is 16.9. The second-order valence-corrected chi connectivity index (χ2v) is 5.85. The lowest BCUT2D eigenvalue weighted by Crippen LogP contribution is -2.52. The molecule has 122 valence electrons. The van der Waals surface area contributed by atoms with Crippen LogP contribution in [-0.2, 0) is 4.79 Å². The molecule has 1 aliphatic heterocycles. The number of para-hydroxylation sites is 1. The molecule has 1 amide bonds. The second kappa shape index (κ2) is 6.83. The molecule has 2 heterocycles. The van der Waals surface area contributed by atoms with E-state index in [-0.39, 0.29) is 11.9 Å². The van der Waals surface area contributed by atoms with Gasteiger partial charge >= 0.3 is 0 Å². The first-order chi connectivity index (χ1) is 11.1. The second-order valence-electron chi connectivity index (χ2n) is 5.85. The molecule has 1 unspecified atom stereocenters. The number of aromatic nitrogens is 1. The molecule has 0 aliphatic carbocycles. The highest BCUT2D eigenvalue weighted by atomic mass is 16.5. The van der Waals surface area contributed by atoms with Gasteiger partial charge in [0.2, 0.25) is 5.91 Å². The van der Waals surface area contributed by atoms with E-state index in [2.05, 4.69) is 44.5 Å². The lowest BCUT2D eigenvalue weighted by atomic mass is 10.2. The summed E-state index contributed by atoms with van der Waals surface area (Å²) < 4.78 is 4.97. The highest BCUT2D eigenvalue weighted by Gasteiger charge is 2.26. The standard InChI is InChI=1S/C17H22N4O2/c1-13-12-16(19-23-13)18-17(22)14(2)20-8-10-21(11-9-20)15-6-4-3-5-7-15/h3-7,12,14H,8-11H2,1-2H3,(H,18,19,22). The van der Waals surface area contributed by atoms with Gasteiger partial charge in [0.25, 0.3) is 0 Å². The molecule has 6 nitrogen and oxygen atoms in total. The molecule has 2 aromatic rings. The molecule has 0 saturated carbocycles. The average molecular weight is 314 g/mol. The maximum absolute atomic E-state index is 12.3. The molecule has 1 aromatic carbocycles. The van der Waals surface area contributed by atoms with E-state index in [1.807, 2.05) is 13.0 Å². The van der Waals surface area contributed by atoms with E-state index < -0.39 is 0 Å². The van der Waals surface area contributed by atoms with Crippen LogP contribution < -0.4 is 10.2 Å². The van der Waals surface area contributed by atoms with Gasteiger partial charge in [-0.1, -0.05) is 23.4 Å². The number of piperazine rings is 1. The Morgan fingerprint density at radius 2 is 1.91 bits per heavy atom. The molecule has 1 aliphatic rings. The lowest BCUT2D eigenvalue weighted by Gasteiger charge is -2.38. The molecule has 0 radical (unpaired) electrons. The van der Waals surface area contributed by atoms with Crippen LogP contribution in [0.5, 0.6) is 0 Å². The van der Waals surface area contributed by atoms with E-state index in [0.717, 1.165) is 26.2 Å². The topological polar surface area (TPSA) is 61.6 Å². The smallest absolute Gasteiger partial charge is 0.242 e. The minimum atomic E-state index is -0.190. The average Bonchev–Trinajstić information content (AvgIpc) is 3.00. The number of nitrogens with one attached hydrogen (secondary N) is 1. The van der Waals surface area contributed by atoms with Crippen molar-refractivity contribution < 1.29 is 9.32 Å². The summed E-state index contributed by atoms with van der Waals surface area (Å²) in [7, 11) is 0. The Kier molecular flexibility index (Phi) is 4.62. The van der Waals surface area contributed by atoms with Crippen molar-refractivity contribution in [3.63, 3.8) is 0 Å². The molecule has 23 heavy (non-hydrogen) atoms. The third-order valence-corrected chi connectivity index (χ3v) is 4.24. The Morgan fingerprint density at radius 1 is 1.22 bits per heavy atom. The van der Waals surface area contributed by atoms with Crippen LogP contribution in [0.2, 0.25) is 0 Å². The lowest BCUT2D eigenvalue weighted by molar-refractivity contribution is -0.120. The molecule has 1 aromatic heterocycles. The zero-order chi connectivity index (χ0) is 16.2. The van der Waals surface area contributed by atoms with Crippen molar-refractivity contribution in [2.75, 3.05) is 36.4 Å². The molecule has 1 N–H and O–H groups in total. The van der Waals surface area contributed by atoms with Crippen LogP contribution in [0.4, 0.5) is 11.5 Å². The van der Waals surface area contributed by atoms with Gasteiger partial charge in [-0.3, -0.25) is 9.69 Å². The van der Waals surface area contributed by atoms with Crippen LogP contribution in [0.3, 0.4) is 0 Å². The van der Waals surface area contributed by atoms with E-state index in [1.165, 1.54) is 5.69 Å². The monoisotopic (exact) mass is 314 g/mol. The fourth-order valence-electron chi connectivity index (χ4n) is 2.83. The fraction of sp³-hybridized carbons (Fsp3) is 0.412. The summed E-state index contributed by atoms with van der Waals surface area (Å²) >= 11 is 0. The van der Waals surface area contributed by atoms with Crippen LogP contribution in [-0.4, -0.2) is 48.2 Å². The van der Waals surface area contributed by atoms with Crippen molar-refractivity contribution in [2.24, 2.45) is 0 Å². The zero-order valence-electron chi connectivity index (χ0n) is 13.5. The van der Waals surface area contributed by atoms with Crippen LogP contribution in [0.1, 0.15) is 12.7 Å². The number of anilines is 2. The van der Waals surface area contributed by atoms with Crippen LogP contribution in [0.15, 0.2) is 40.9 Å². The number of rotatable bonds is 4. The van der Waals surface area contributed by atoms with Crippen LogP contribution in [0.25, 0.3) is 0 Å². The number of benzene rings is 1. The van der Waals surface area contributed by atoms with Gasteiger partial charge in [-0.2, -0.15) is 0 Å². The minimum Gasteiger partial charge on any atom is -0.369 e. The summed E-state index contributed by atoms with van der Waals surface area (Å²) in [6.45, 7) is 7.30. The van der Waals surface area contributed by atoms with E-state index >= 15 is 0 Å². The summed E-state index contributed by atoms with van der Waals surface area (Å²) in [5.41, 5.74) is 1.24. The molecular formula is C17H22N4O2. The van der Waals surface area contributed by atoms with E-state index in [0.29, 0.717) is 11.6 Å². The zero-order valence-corrected chi connectivity index (χ0v) is 13.5. The molecule has 1 atom stereocenters. The number of nitrogens with zero attached hydrogens (tertiary/aromatic N) is 3. The quantitative estimate of drug-likeness (QED) is 0.937. The van der Waals surface area contributed by atoms with E-state index in [4.69, 9.17) is 4.52 Å². The van der Waals surface area contributed by atoms with Gasteiger partial charge in [0.1, 0.15) is 5.76 Å². The van der Waals surface area contributed by atoms with Gasteiger partial charge in [0.05, 0.1) is 6.04 Å². The Bertz CT molecular complexity index is 648. The summed E-state index contributed by atoms with van der Waals surface area (Å²) in [6, 6.07) is 11.9. The molecule has 0 spiro atoms. The third-order valence-electron chi connectivity index (χ3n) is 4.24. The maximum Gasteiger partial charge on any atom is 0.242 e.